The summed E-state index contributed by atoms with van der Waals surface area (Å²) in [4.78, 5) is 3.70. The molecule has 124 valence electrons. The van der Waals surface area contributed by atoms with Gasteiger partial charge in [0.25, 0.3) is 0 Å². The third kappa shape index (κ3) is 1.28. The molecular weight excluding hydrogens is 302 g/mol. The molecule has 3 saturated heterocycles. The number of rotatable bonds is 1. The molecule has 5 rings (SSSR count). The molecule has 1 saturated carbocycles. The van der Waals surface area contributed by atoms with Crippen LogP contribution in [0.15, 0.2) is 4.99 Å². The Morgan fingerprint density at radius 1 is 1.18 bits per heavy atom. The van der Waals surface area contributed by atoms with Crippen LogP contribution in [0.3, 0.4) is 0 Å². The molecule has 0 aromatic heterocycles. The van der Waals surface area contributed by atoms with E-state index in [1.54, 1.807) is 0 Å². The van der Waals surface area contributed by atoms with Gasteiger partial charge in [0.1, 0.15) is 29.5 Å². The van der Waals surface area contributed by atoms with Crippen LogP contribution in [0.4, 0.5) is 0 Å². The number of nitrogens with one attached hydrogen (secondary N) is 1. The van der Waals surface area contributed by atoms with Crippen LogP contribution in [-0.4, -0.2) is 91.0 Å². The van der Waals surface area contributed by atoms with Gasteiger partial charge in [0.2, 0.25) is 0 Å². The number of hydrogen-bond donors (Lipinski definition) is 8. The first-order valence-corrected chi connectivity index (χ1v) is 6.77. The highest BCUT2D eigenvalue weighted by molar-refractivity contribution is 5.80. The van der Waals surface area contributed by atoms with E-state index in [0.29, 0.717) is 0 Å². The third-order valence-electron chi connectivity index (χ3n) is 5.22. The van der Waals surface area contributed by atoms with Crippen LogP contribution >= 0.6 is 0 Å². The van der Waals surface area contributed by atoms with Crippen molar-refractivity contribution in [2.75, 3.05) is 6.61 Å². The zero-order valence-electron chi connectivity index (χ0n) is 11.2. The van der Waals surface area contributed by atoms with Crippen LogP contribution in [0.5, 0.6) is 0 Å². The number of hydrogen-bond acceptors (Lipinski definition) is 11. The molecule has 11 nitrogen and oxygen atoms in total. The molecule has 0 aromatic carbocycles. The van der Waals surface area contributed by atoms with Gasteiger partial charge in [0.15, 0.2) is 18.3 Å². The Bertz CT molecular complexity index is 561. The summed E-state index contributed by atoms with van der Waals surface area (Å²) in [6.07, 6.45) is -7.77. The minimum Gasteiger partial charge on any atom is -0.393 e. The zero-order valence-corrected chi connectivity index (χ0v) is 11.2. The minimum absolute atomic E-state index is 0.250. The average Bonchev–Trinajstić information content (AvgIpc) is 2.45. The first-order valence-electron chi connectivity index (χ1n) is 6.77. The Balaban J connectivity index is 1.95. The summed E-state index contributed by atoms with van der Waals surface area (Å²) in [5.41, 5.74) is 1.74. The molecule has 9 atom stereocenters. The van der Waals surface area contributed by atoms with Crippen LogP contribution in [0.25, 0.3) is 0 Å². The Hall–Kier alpha value is -1.05. The van der Waals surface area contributed by atoms with Crippen LogP contribution < -0.4 is 11.1 Å². The van der Waals surface area contributed by atoms with Gasteiger partial charge in [-0.25, -0.2) is 4.99 Å². The van der Waals surface area contributed by atoms with E-state index in [2.05, 4.69) is 10.3 Å². The predicted molar refractivity (Wildman–Crippen MR) is 65.7 cm³/mol. The van der Waals surface area contributed by atoms with Gasteiger partial charge in [0.05, 0.1) is 12.5 Å². The van der Waals surface area contributed by atoms with E-state index in [1.165, 1.54) is 0 Å². The third-order valence-corrected chi connectivity index (χ3v) is 5.22. The van der Waals surface area contributed by atoms with Crippen molar-refractivity contribution in [3.63, 3.8) is 0 Å². The number of nitrogens with two attached hydrogens (primary N) is 1. The van der Waals surface area contributed by atoms with Crippen molar-refractivity contribution in [1.29, 1.82) is 0 Å². The summed E-state index contributed by atoms with van der Waals surface area (Å²) in [5.74, 6) is -3.95. The highest BCUT2D eigenvalue weighted by Gasteiger charge is 2.82. The van der Waals surface area contributed by atoms with E-state index < -0.39 is 60.3 Å². The van der Waals surface area contributed by atoms with Crippen molar-refractivity contribution < 1.29 is 40.1 Å². The van der Waals surface area contributed by atoms with E-state index in [-0.39, 0.29) is 5.96 Å². The molecule has 11 heteroatoms. The fourth-order valence-corrected chi connectivity index (χ4v) is 4.24. The monoisotopic (exact) mass is 319 g/mol. The molecule has 0 radical (unpaired) electrons. The summed E-state index contributed by atoms with van der Waals surface area (Å²) in [6, 6.07) is 0. The number of ether oxygens (including phenoxy) is 2. The highest BCUT2D eigenvalue weighted by Crippen LogP contribution is 2.58. The second-order valence-electron chi connectivity index (χ2n) is 6.22. The molecule has 1 aliphatic carbocycles. The smallest absolute Gasteiger partial charge is 0.311 e. The maximum atomic E-state index is 10.6. The molecular formula is C11H17N3O8. The number of aliphatic hydroxyl groups is 6. The zero-order chi connectivity index (χ0) is 16.1. The quantitative estimate of drug-likeness (QED) is 0.231. The largest absolute Gasteiger partial charge is 0.393 e. The lowest BCUT2D eigenvalue weighted by atomic mass is 9.55. The van der Waals surface area contributed by atoms with Crippen LogP contribution in [0.2, 0.25) is 0 Å². The van der Waals surface area contributed by atoms with Gasteiger partial charge in [-0.1, -0.05) is 0 Å². The molecule has 4 heterocycles. The van der Waals surface area contributed by atoms with Gasteiger partial charge in [0, 0.05) is 0 Å². The Morgan fingerprint density at radius 2 is 1.82 bits per heavy atom. The van der Waals surface area contributed by atoms with Gasteiger partial charge in [-0.05, 0) is 0 Å². The lowest BCUT2D eigenvalue weighted by Gasteiger charge is -2.71. The van der Waals surface area contributed by atoms with Crippen molar-refractivity contribution in [3.8, 4) is 0 Å². The topological polar surface area (TPSA) is 190 Å². The van der Waals surface area contributed by atoms with Gasteiger partial charge in [-0.15, -0.1) is 0 Å². The SMILES string of the molecule is NC1=NC(O)C2C3OC4(O)O[C@@H](C(O)C2(N1)[C@@H]4O)C3(O)CO. The van der Waals surface area contributed by atoms with E-state index >= 15 is 0 Å². The molecule has 0 aromatic rings. The molecule has 4 aliphatic heterocycles. The fourth-order valence-electron chi connectivity index (χ4n) is 4.24. The molecule has 4 bridgehead atoms. The maximum Gasteiger partial charge on any atom is 0.311 e. The number of aliphatic imine (C=N–C) groups is 1. The van der Waals surface area contributed by atoms with Gasteiger partial charge in [-0.3, -0.25) is 0 Å². The standard InChI is InChI=1S/C11H17N3O8/c12-8-13-6(17)2-4-9(19,1-15)5-3(16)10(2,14-8)7(18)11(20,21-4)22-5/h2-7,15-20H,1H2,(H3,12,13,14)/t2?,3?,4?,5-,6?,7-,9?,10?,11?/m0/s1. The normalized spacial score (nSPS) is 62.4. The number of aliphatic hydroxyl groups excluding tert-OH is 4. The Morgan fingerprint density at radius 3 is 2.45 bits per heavy atom. The van der Waals surface area contributed by atoms with Crippen LogP contribution in [0, 0.1) is 5.92 Å². The lowest BCUT2D eigenvalue weighted by Crippen LogP contribution is -2.95. The molecule has 4 fully saturated rings. The predicted octanol–water partition coefficient (Wildman–Crippen LogP) is -5.52. The molecule has 1 spiro atoms. The first kappa shape index (κ1) is 14.5. The number of guanidine groups is 1. The second kappa shape index (κ2) is 3.88. The number of nitrogens with zero attached hydrogens (tertiary/aromatic N) is 1. The van der Waals surface area contributed by atoms with Crippen molar-refractivity contribution in [3.05, 3.63) is 0 Å². The summed E-state index contributed by atoms with van der Waals surface area (Å²) < 4.78 is 10.3. The Kier molecular flexibility index (Phi) is 2.57. The average molecular weight is 319 g/mol. The van der Waals surface area contributed by atoms with E-state index in [0.717, 1.165) is 0 Å². The molecule has 22 heavy (non-hydrogen) atoms. The van der Waals surface area contributed by atoms with Crippen molar-refractivity contribution in [1.82, 2.24) is 5.32 Å². The summed E-state index contributed by atoms with van der Waals surface area (Å²) in [6.45, 7) is -0.857. The molecule has 5 aliphatic rings. The van der Waals surface area contributed by atoms with Crippen molar-refractivity contribution >= 4 is 5.96 Å². The highest BCUT2D eigenvalue weighted by atomic mass is 16.9. The van der Waals surface area contributed by atoms with E-state index in [9.17, 15) is 30.6 Å². The van der Waals surface area contributed by atoms with E-state index in [4.69, 9.17) is 15.2 Å². The summed E-state index contributed by atoms with van der Waals surface area (Å²) >= 11 is 0. The molecule has 7 unspecified atom stereocenters. The van der Waals surface area contributed by atoms with Crippen LogP contribution in [0.1, 0.15) is 0 Å². The first-order chi connectivity index (χ1) is 10.2. The summed E-state index contributed by atoms with van der Waals surface area (Å²) in [5, 5.41) is 64.3. The van der Waals surface area contributed by atoms with E-state index in [1.807, 2.05) is 0 Å². The van der Waals surface area contributed by atoms with Crippen molar-refractivity contribution in [2.45, 2.75) is 47.8 Å². The van der Waals surface area contributed by atoms with Gasteiger partial charge >= 0.3 is 5.97 Å². The van der Waals surface area contributed by atoms with Gasteiger partial charge < -0.3 is 51.2 Å². The second-order valence-corrected chi connectivity index (χ2v) is 6.22. The molecule has 0 amide bonds. The van der Waals surface area contributed by atoms with Crippen molar-refractivity contribution in [2.24, 2.45) is 16.6 Å². The molecule has 9 N–H and O–H groups in total. The fraction of sp³-hybridized carbons (Fsp3) is 0.909. The van der Waals surface area contributed by atoms with Crippen LogP contribution in [-0.2, 0) is 9.47 Å². The van der Waals surface area contributed by atoms with Gasteiger partial charge in [-0.2, -0.15) is 0 Å². The maximum absolute atomic E-state index is 10.6. The summed E-state index contributed by atoms with van der Waals surface area (Å²) in [7, 11) is 0. The minimum atomic E-state index is -2.52. The Labute approximate surface area is 123 Å². The lowest BCUT2D eigenvalue weighted by molar-refractivity contribution is -0.548.